The van der Waals surface area contributed by atoms with Crippen LogP contribution in [0.5, 0.6) is 11.5 Å². The topological polar surface area (TPSA) is 68.7 Å². The summed E-state index contributed by atoms with van der Waals surface area (Å²) in [6.45, 7) is 2.67. The van der Waals surface area contributed by atoms with E-state index in [1.54, 1.807) is 36.7 Å². The van der Waals surface area contributed by atoms with Gasteiger partial charge in [-0.2, -0.15) is 4.31 Å². The lowest BCUT2D eigenvalue weighted by atomic mass is 10.1. The molecule has 7 heteroatoms. The Kier molecular flexibility index (Phi) is 5.24. The molecule has 134 valence electrons. The predicted octanol–water partition coefficient (Wildman–Crippen LogP) is 2.63. The third kappa shape index (κ3) is 3.93. The molecule has 1 aliphatic heterocycles. The fourth-order valence-electron chi connectivity index (χ4n) is 2.95. The molecule has 1 aromatic carbocycles. The van der Waals surface area contributed by atoms with E-state index in [-0.39, 0.29) is 11.0 Å². The SMILES string of the molecule is COc1ccc(C)cc1S(=O)(=O)N1CCCC(Oc2ccncc2)C1. The summed E-state index contributed by atoms with van der Waals surface area (Å²) in [6, 6.07) is 8.73. The zero-order valence-corrected chi connectivity index (χ0v) is 15.2. The van der Waals surface area contributed by atoms with Gasteiger partial charge in [-0.1, -0.05) is 6.07 Å². The number of aryl methyl sites for hydroxylation is 1. The maximum Gasteiger partial charge on any atom is 0.246 e. The molecule has 1 saturated heterocycles. The van der Waals surface area contributed by atoms with Gasteiger partial charge in [0.15, 0.2) is 0 Å². The zero-order valence-electron chi connectivity index (χ0n) is 14.4. The molecule has 1 aromatic heterocycles. The van der Waals surface area contributed by atoms with E-state index in [1.165, 1.54) is 11.4 Å². The van der Waals surface area contributed by atoms with Crippen molar-refractivity contribution in [1.29, 1.82) is 0 Å². The van der Waals surface area contributed by atoms with Crippen LogP contribution >= 0.6 is 0 Å². The molecule has 2 aromatic rings. The summed E-state index contributed by atoms with van der Waals surface area (Å²) in [5.74, 6) is 1.06. The van der Waals surface area contributed by atoms with E-state index in [0.29, 0.717) is 24.6 Å². The summed E-state index contributed by atoms with van der Waals surface area (Å²) < 4.78 is 38.9. The highest BCUT2D eigenvalue weighted by Gasteiger charge is 2.33. The maximum atomic E-state index is 13.1. The van der Waals surface area contributed by atoms with Crippen LogP contribution in [-0.2, 0) is 10.0 Å². The Balaban J connectivity index is 1.81. The smallest absolute Gasteiger partial charge is 0.246 e. The Labute approximate surface area is 148 Å². The molecule has 1 fully saturated rings. The van der Waals surface area contributed by atoms with Crippen molar-refractivity contribution in [1.82, 2.24) is 9.29 Å². The number of hydrogen-bond donors (Lipinski definition) is 0. The summed E-state index contributed by atoms with van der Waals surface area (Å²) in [7, 11) is -2.16. The minimum absolute atomic E-state index is 0.179. The van der Waals surface area contributed by atoms with Crippen molar-refractivity contribution in [3.63, 3.8) is 0 Å². The quantitative estimate of drug-likeness (QED) is 0.818. The third-order valence-electron chi connectivity index (χ3n) is 4.23. The average Bonchev–Trinajstić information content (AvgIpc) is 2.63. The molecule has 6 nitrogen and oxygen atoms in total. The molecule has 0 radical (unpaired) electrons. The number of piperidine rings is 1. The van der Waals surface area contributed by atoms with Crippen LogP contribution in [0.3, 0.4) is 0 Å². The molecule has 0 spiro atoms. The van der Waals surface area contributed by atoms with Crippen molar-refractivity contribution >= 4 is 10.0 Å². The molecule has 25 heavy (non-hydrogen) atoms. The van der Waals surface area contributed by atoms with Gasteiger partial charge in [-0.15, -0.1) is 0 Å². The number of ether oxygens (including phenoxy) is 2. The molecule has 1 unspecified atom stereocenters. The fraction of sp³-hybridized carbons (Fsp3) is 0.389. The highest BCUT2D eigenvalue weighted by molar-refractivity contribution is 7.89. The Morgan fingerprint density at radius 2 is 1.96 bits per heavy atom. The Morgan fingerprint density at radius 3 is 2.68 bits per heavy atom. The second-order valence-corrected chi connectivity index (χ2v) is 7.99. The van der Waals surface area contributed by atoms with Crippen molar-refractivity contribution in [2.24, 2.45) is 0 Å². The second kappa shape index (κ2) is 7.41. The van der Waals surface area contributed by atoms with Gasteiger partial charge in [0.1, 0.15) is 22.5 Å². The van der Waals surface area contributed by atoms with E-state index in [4.69, 9.17) is 9.47 Å². The van der Waals surface area contributed by atoms with Crippen molar-refractivity contribution < 1.29 is 17.9 Å². The summed E-state index contributed by atoms with van der Waals surface area (Å²) >= 11 is 0. The first-order chi connectivity index (χ1) is 12.0. The number of nitrogens with zero attached hydrogens (tertiary/aromatic N) is 2. The first-order valence-electron chi connectivity index (χ1n) is 8.22. The standard InChI is InChI=1S/C18H22N2O4S/c1-14-5-6-17(23-2)18(12-14)25(21,22)20-11-3-4-16(13-20)24-15-7-9-19-10-8-15/h5-10,12,16H,3-4,11,13H2,1-2H3. The number of benzene rings is 1. The number of rotatable bonds is 5. The van der Waals surface area contributed by atoms with Crippen molar-refractivity contribution in [2.75, 3.05) is 20.2 Å². The van der Waals surface area contributed by atoms with E-state index in [9.17, 15) is 8.42 Å². The summed E-state index contributed by atoms with van der Waals surface area (Å²) in [4.78, 5) is 4.17. The lowest BCUT2D eigenvalue weighted by Gasteiger charge is -2.32. The largest absolute Gasteiger partial charge is 0.495 e. The molecule has 1 aliphatic rings. The van der Waals surface area contributed by atoms with Crippen LogP contribution in [0, 0.1) is 6.92 Å². The molecule has 0 bridgehead atoms. The summed E-state index contributed by atoms with van der Waals surface area (Å²) in [6.07, 6.45) is 4.71. The van der Waals surface area contributed by atoms with Crippen LogP contribution in [-0.4, -0.2) is 44.0 Å². The van der Waals surface area contributed by atoms with E-state index in [1.807, 2.05) is 13.0 Å². The molecule has 2 heterocycles. The van der Waals surface area contributed by atoms with Gasteiger partial charge in [-0.3, -0.25) is 4.98 Å². The fourth-order valence-corrected chi connectivity index (χ4v) is 4.70. The van der Waals surface area contributed by atoms with Crippen LogP contribution in [0.1, 0.15) is 18.4 Å². The maximum absolute atomic E-state index is 13.1. The molecular formula is C18H22N2O4S. The van der Waals surface area contributed by atoms with Crippen LogP contribution in [0.2, 0.25) is 0 Å². The van der Waals surface area contributed by atoms with Crippen molar-refractivity contribution in [3.8, 4) is 11.5 Å². The lowest BCUT2D eigenvalue weighted by molar-refractivity contribution is 0.129. The van der Waals surface area contributed by atoms with Crippen LogP contribution in [0.4, 0.5) is 0 Å². The van der Waals surface area contributed by atoms with Crippen LogP contribution in [0.15, 0.2) is 47.6 Å². The Morgan fingerprint density at radius 1 is 1.20 bits per heavy atom. The Hall–Kier alpha value is -2.12. The van der Waals surface area contributed by atoms with E-state index in [0.717, 1.165) is 18.4 Å². The molecular weight excluding hydrogens is 340 g/mol. The van der Waals surface area contributed by atoms with Crippen LogP contribution in [0.25, 0.3) is 0 Å². The number of aromatic nitrogens is 1. The number of methoxy groups -OCH3 is 1. The van der Waals surface area contributed by atoms with Gasteiger partial charge >= 0.3 is 0 Å². The van der Waals surface area contributed by atoms with Gasteiger partial charge in [-0.05, 0) is 49.6 Å². The minimum Gasteiger partial charge on any atom is -0.495 e. The number of pyridine rings is 1. The zero-order chi connectivity index (χ0) is 17.9. The predicted molar refractivity (Wildman–Crippen MR) is 94.4 cm³/mol. The first-order valence-corrected chi connectivity index (χ1v) is 9.66. The Bertz CT molecular complexity index is 824. The molecule has 0 aliphatic carbocycles. The van der Waals surface area contributed by atoms with E-state index >= 15 is 0 Å². The second-order valence-electron chi connectivity index (χ2n) is 6.08. The number of sulfonamides is 1. The molecule has 0 N–H and O–H groups in total. The highest BCUT2D eigenvalue weighted by Crippen LogP contribution is 2.30. The van der Waals surface area contributed by atoms with Crippen molar-refractivity contribution in [3.05, 3.63) is 48.3 Å². The monoisotopic (exact) mass is 362 g/mol. The molecule has 0 saturated carbocycles. The van der Waals surface area contributed by atoms with E-state index in [2.05, 4.69) is 4.98 Å². The van der Waals surface area contributed by atoms with Gasteiger partial charge in [0.25, 0.3) is 0 Å². The number of hydrogen-bond acceptors (Lipinski definition) is 5. The van der Waals surface area contributed by atoms with Gasteiger partial charge in [0.2, 0.25) is 10.0 Å². The highest BCUT2D eigenvalue weighted by atomic mass is 32.2. The third-order valence-corrected chi connectivity index (χ3v) is 6.12. The molecule has 3 rings (SSSR count). The van der Waals surface area contributed by atoms with Crippen LogP contribution < -0.4 is 9.47 Å². The molecule has 0 amide bonds. The van der Waals surface area contributed by atoms with Gasteiger partial charge in [0, 0.05) is 18.9 Å². The summed E-state index contributed by atoms with van der Waals surface area (Å²) in [5, 5.41) is 0. The normalized spacial score (nSPS) is 18.7. The minimum atomic E-state index is -3.64. The van der Waals surface area contributed by atoms with Gasteiger partial charge in [0.05, 0.1) is 13.7 Å². The lowest BCUT2D eigenvalue weighted by Crippen LogP contribution is -2.44. The van der Waals surface area contributed by atoms with Gasteiger partial charge < -0.3 is 9.47 Å². The van der Waals surface area contributed by atoms with Gasteiger partial charge in [-0.25, -0.2) is 8.42 Å². The molecule has 1 atom stereocenters. The average molecular weight is 362 g/mol. The van der Waals surface area contributed by atoms with Crippen molar-refractivity contribution in [2.45, 2.75) is 30.8 Å². The van der Waals surface area contributed by atoms with E-state index < -0.39 is 10.0 Å². The summed E-state index contributed by atoms with van der Waals surface area (Å²) in [5.41, 5.74) is 0.876. The first kappa shape index (κ1) is 17.7.